The Balaban J connectivity index is 0.00000456. The van der Waals surface area contributed by atoms with Crippen LogP contribution in [-0.4, -0.2) is 48.8 Å². The van der Waals surface area contributed by atoms with Crippen LogP contribution in [0.15, 0.2) is 53.8 Å². The molecule has 0 spiro atoms. The van der Waals surface area contributed by atoms with Gasteiger partial charge in [-0.05, 0) is 47.6 Å². The van der Waals surface area contributed by atoms with Gasteiger partial charge in [-0.2, -0.15) is 0 Å². The number of nitrogens with zero attached hydrogens (tertiary/aromatic N) is 1. The van der Waals surface area contributed by atoms with Crippen molar-refractivity contribution in [1.82, 2.24) is 5.32 Å². The highest BCUT2D eigenvalue weighted by Gasteiger charge is 2.50. The van der Waals surface area contributed by atoms with Gasteiger partial charge in [-0.25, -0.2) is 4.79 Å². The molecule has 0 aliphatic heterocycles. The molecule has 0 aromatic heterocycles. The van der Waals surface area contributed by atoms with Crippen molar-refractivity contribution in [2.45, 2.75) is 70.9 Å². The van der Waals surface area contributed by atoms with Gasteiger partial charge >= 0.3 is 6.03 Å². The van der Waals surface area contributed by atoms with E-state index in [0.29, 0.717) is 23.8 Å². The standard InChI is InChI=1S/C28H41N3O4.ClH/c1-27(2,3)23-17-22(35-4)18-28(25(23)33,24(32)19-29)30-26(34)31(21-13-9-6-10-14-21)16-15-20-11-7-5-8-12-20;/h6,9-10,13-14,17-18,20,25,33H,5,7-8,11-12,15-16,19,29H2,1-4H3,(H,30,34);1H. The zero-order valence-electron chi connectivity index (χ0n) is 22.0. The van der Waals surface area contributed by atoms with E-state index in [1.165, 1.54) is 45.3 Å². The molecular weight excluding hydrogens is 478 g/mol. The third-order valence-electron chi connectivity index (χ3n) is 7.25. The summed E-state index contributed by atoms with van der Waals surface area (Å²) >= 11 is 0. The van der Waals surface area contributed by atoms with E-state index >= 15 is 0 Å². The van der Waals surface area contributed by atoms with Crippen LogP contribution in [-0.2, 0) is 9.53 Å². The average Bonchev–Trinajstić information content (AvgIpc) is 2.85. The number of hydrogen-bond acceptors (Lipinski definition) is 5. The van der Waals surface area contributed by atoms with Gasteiger partial charge in [0.05, 0.1) is 13.7 Å². The van der Waals surface area contributed by atoms with Gasteiger partial charge in [0.15, 0.2) is 11.3 Å². The van der Waals surface area contributed by atoms with Crippen LogP contribution in [0, 0.1) is 11.3 Å². The number of methoxy groups -OCH3 is 1. The van der Waals surface area contributed by atoms with Crippen molar-refractivity contribution < 1.29 is 19.4 Å². The number of urea groups is 1. The molecule has 8 heteroatoms. The Bertz CT molecular complexity index is 951. The highest BCUT2D eigenvalue weighted by atomic mass is 35.5. The average molecular weight is 520 g/mol. The highest BCUT2D eigenvalue weighted by molar-refractivity contribution is 6.01. The fourth-order valence-electron chi connectivity index (χ4n) is 5.13. The second-order valence-electron chi connectivity index (χ2n) is 10.7. The van der Waals surface area contributed by atoms with Gasteiger partial charge in [0.25, 0.3) is 0 Å². The summed E-state index contributed by atoms with van der Waals surface area (Å²) in [5.74, 6) is 0.497. The summed E-state index contributed by atoms with van der Waals surface area (Å²) in [4.78, 5) is 28.8. The van der Waals surface area contributed by atoms with E-state index in [2.05, 4.69) is 5.32 Å². The first kappa shape index (κ1) is 29.9. The molecule has 200 valence electrons. The van der Waals surface area contributed by atoms with Crippen LogP contribution in [0.3, 0.4) is 0 Å². The molecule has 2 aliphatic carbocycles. The van der Waals surface area contributed by atoms with E-state index in [9.17, 15) is 14.7 Å². The fourth-order valence-corrected chi connectivity index (χ4v) is 5.13. The van der Waals surface area contributed by atoms with Crippen molar-refractivity contribution in [3.8, 4) is 0 Å². The number of carbonyl (C=O) groups excluding carboxylic acids is 2. The SMILES string of the molecule is COC1=CC(NC(=O)N(CCC2CCCCC2)c2ccccc2)(C(=O)CN)C(O)C(C(C)(C)C)=C1.Cl. The number of nitrogens with two attached hydrogens (primary N) is 1. The summed E-state index contributed by atoms with van der Waals surface area (Å²) in [5, 5.41) is 14.4. The lowest BCUT2D eigenvalue weighted by atomic mass is 9.71. The first-order chi connectivity index (χ1) is 16.6. The molecule has 3 rings (SSSR count). The molecule has 1 aromatic rings. The van der Waals surface area contributed by atoms with Gasteiger partial charge in [-0.15, -0.1) is 12.4 Å². The Labute approximate surface area is 221 Å². The van der Waals surface area contributed by atoms with Gasteiger partial charge < -0.3 is 20.9 Å². The Hall–Kier alpha value is -2.35. The number of benzene rings is 1. The van der Waals surface area contributed by atoms with E-state index in [1.54, 1.807) is 11.0 Å². The van der Waals surface area contributed by atoms with E-state index < -0.39 is 28.9 Å². The minimum atomic E-state index is -1.73. The Morgan fingerprint density at radius 1 is 1.17 bits per heavy atom. The normalized spacial score (nSPS) is 22.6. The van der Waals surface area contributed by atoms with E-state index in [4.69, 9.17) is 10.5 Å². The molecule has 4 N–H and O–H groups in total. The molecule has 0 radical (unpaired) electrons. The second-order valence-corrected chi connectivity index (χ2v) is 10.7. The van der Waals surface area contributed by atoms with Gasteiger partial charge in [-0.3, -0.25) is 9.69 Å². The quantitative estimate of drug-likeness (QED) is 0.460. The highest BCUT2D eigenvalue weighted by Crippen LogP contribution is 2.38. The monoisotopic (exact) mass is 519 g/mol. The molecule has 2 amide bonds. The van der Waals surface area contributed by atoms with Crippen molar-refractivity contribution in [3.05, 3.63) is 53.8 Å². The number of halogens is 1. The molecule has 0 heterocycles. The van der Waals surface area contributed by atoms with Gasteiger partial charge in [-0.1, -0.05) is 71.1 Å². The topological polar surface area (TPSA) is 105 Å². The molecule has 1 fully saturated rings. The maximum atomic E-state index is 13.8. The Kier molecular flexibility index (Phi) is 10.6. The van der Waals surface area contributed by atoms with Gasteiger partial charge in [0.2, 0.25) is 0 Å². The predicted molar refractivity (Wildman–Crippen MR) is 146 cm³/mol. The van der Waals surface area contributed by atoms with Crippen molar-refractivity contribution in [3.63, 3.8) is 0 Å². The van der Waals surface area contributed by atoms with E-state index in [-0.39, 0.29) is 19.0 Å². The minimum Gasteiger partial charge on any atom is -0.497 e. The number of para-hydroxylation sites is 1. The number of aliphatic hydroxyl groups excluding tert-OH is 1. The van der Waals surface area contributed by atoms with Crippen LogP contribution in [0.25, 0.3) is 0 Å². The number of allylic oxidation sites excluding steroid dienone is 1. The number of ketones is 1. The van der Waals surface area contributed by atoms with E-state index in [0.717, 1.165) is 12.1 Å². The summed E-state index contributed by atoms with van der Waals surface area (Å²) < 4.78 is 5.48. The van der Waals surface area contributed by atoms with Gasteiger partial charge in [0, 0.05) is 12.2 Å². The van der Waals surface area contributed by atoms with Crippen molar-refractivity contribution in [2.75, 3.05) is 25.1 Å². The third-order valence-corrected chi connectivity index (χ3v) is 7.25. The van der Waals surface area contributed by atoms with Crippen LogP contribution >= 0.6 is 12.4 Å². The molecule has 1 aromatic carbocycles. The first-order valence-corrected chi connectivity index (χ1v) is 12.7. The number of nitrogens with one attached hydrogen (secondary N) is 1. The maximum Gasteiger partial charge on any atom is 0.323 e. The summed E-state index contributed by atoms with van der Waals surface area (Å²) in [5.41, 5.74) is 4.93. The molecule has 1 saturated carbocycles. The van der Waals surface area contributed by atoms with Crippen LogP contribution in [0.2, 0.25) is 0 Å². The number of anilines is 1. The minimum absolute atomic E-state index is 0. The maximum absolute atomic E-state index is 13.8. The lowest BCUT2D eigenvalue weighted by Gasteiger charge is -2.43. The van der Waals surface area contributed by atoms with Crippen molar-refractivity contribution in [1.29, 1.82) is 0 Å². The fraction of sp³-hybridized carbons (Fsp3) is 0.571. The summed E-state index contributed by atoms with van der Waals surface area (Å²) in [6.45, 7) is 6.02. The number of rotatable bonds is 8. The van der Waals surface area contributed by atoms with E-state index in [1.807, 2.05) is 51.1 Å². The van der Waals surface area contributed by atoms with Crippen LogP contribution < -0.4 is 16.0 Å². The third kappa shape index (κ3) is 6.69. The number of amides is 2. The molecule has 2 aliphatic rings. The largest absolute Gasteiger partial charge is 0.497 e. The number of hydrogen-bond donors (Lipinski definition) is 3. The zero-order chi connectivity index (χ0) is 25.6. The lowest BCUT2D eigenvalue weighted by molar-refractivity contribution is -0.125. The Morgan fingerprint density at radius 3 is 2.36 bits per heavy atom. The van der Waals surface area contributed by atoms with Crippen LogP contribution in [0.4, 0.5) is 10.5 Å². The van der Waals surface area contributed by atoms with Crippen LogP contribution in [0.1, 0.15) is 59.3 Å². The summed E-state index contributed by atoms with van der Waals surface area (Å²) in [6, 6.07) is 8.98. The zero-order valence-corrected chi connectivity index (χ0v) is 22.8. The molecule has 0 saturated heterocycles. The summed E-state index contributed by atoms with van der Waals surface area (Å²) in [6.07, 6.45) is 8.92. The molecular formula is C28H42ClN3O4. The molecule has 0 bridgehead atoms. The van der Waals surface area contributed by atoms with Crippen molar-refractivity contribution >= 4 is 29.9 Å². The first-order valence-electron chi connectivity index (χ1n) is 12.7. The summed E-state index contributed by atoms with van der Waals surface area (Å²) in [7, 11) is 1.50. The number of ether oxygens (including phenoxy) is 1. The van der Waals surface area contributed by atoms with Gasteiger partial charge in [0.1, 0.15) is 11.9 Å². The van der Waals surface area contributed by atoms with Crippen molar-refractivity contribution in [2.24, 2.45) is 17.1 Å². The molecule has 7 nitrogen and oxygen atoms in total. The smallest absolute Gasteiger partial charge is 0.323 e. The van der Waals surface area contributed by atoms with Crippen LogP contribution in [0.5, 0.6) is 0 Å². The number of aliphatic hydroxyl groups is 1. The molecule has 36 heavy (non-hydrogen) atoms. The Morgan fingerprint density at radius 2 is 1.81 bits per heavy atom. The second kappa shape index (κ2) is 12.7. The lowest BCUT2D eigenvalue weighted by Crippen LogP contribution is -2.66. The number of carbonyl (C=O) groups is 2. The molecule has 2 atom stereocenters. The molecule has 2 unspecified atom stereocenters. The number of Topliss-reactive ketones (excluding diaryl/α,β-unsaturated/α-hetero) is 1. The predicted octanol–water partition coefficient (Wildman–Crippen LogP) is 4.74.